The molecule has 0 saturated carbocycles. The van der Waals surface area contributed by atoms with Crippen molar-refractivity contribution in [2.24, 2.45) is 5.41 Å². The molecule has 0 unspecified atom stereocenters. The van der Waals surface area contributed by atoms with Gasteiger partial charge in [-0.15, -0.1) is 0 Å². The molecule has 3 rings (SSSR count). The lowest BCUT2D eigenvalue weighted by molar-refractivity contribution is -0.0846. The van der Waals surface area contributed by atoms with Gasteiger partial charge >= 0.3 is 12.2 Å². The zero-order valence-electron chi connectivity index (χ0n) is 18.3. The Balaban J connectivity index is 1.34. The highest BCUT2D eigenvalue weighted by Crippen LogP contribution is 2.40. The number of carbonyl (C=O) groups is 2. The van der Waals surface area contributed by atoms with E-state index in [4.69, 9.17) is 14.2 Å². The van der Waals surface area contributed by atoms with E-state index in [1.54, 1.807) is 4.90 Å². The first-order valence-electron chi connectivity index (χ1n) is 10.8. The Labute approximate surface area is 179 Å². The molecule has 2 fully saturated rings. The van der Waals surface area contributed by atoms with Gasteiger partial charge in [-0.25, -0.2) is 9.59 Å². The van der Waals surface area contributed by atoms with Crippen LogP contribution in [0.4, 0.5) is 9.59 Å². The molecule has 166 valence electrons. The summed E-state index contributed by atoms with van der Waals surface area (Å²) in [5.74, 6) is 0. The number of hydrogen-bond acceptors (Lipinski definition) is 5. The monoisotopic (exact) mass is 418 g/mol. The molecular formula is C23H34N2O5. The van der Waals surface area contributed by atoms with Crippen molar-refractivity contribution >= 4 is 12.2 Å². The molecule has 0 aromatic heterocycles. The highest BCUT2D eigenvalue weighted by molar-refractivity contribution is 5.68. The molecule has 2 heterocycles. The summed E-state index contributed by atoms with van der Waals surface area (Å²) < 4.78 is 16.8. The third-order valence-corrected chi connectivity index (χ3v) is 5.78. The van der Waals surface area contributed by atoms with Gasteiger partial charge < -0.3 is 24.4 Å². The van der Waals surface area contributed by atoms with Gasteiger partial charge in [-0.2, -0.15) is 0 Å². The molecule has 1 spiro atoms. The third-order valence-electron chi connectivity index (χ3n) is 5.78. The second-order valence-corrected chi connectivity index (χ2v) is 9.38. The molecule has 1 N–H and O–H groups in total. The predicted molar refractivity (Wildman–Crippen MR) is 113 cm³/mol. The zero-order chi connectivity index (χ0) is 21.6. The summed E-state index contributed by atoms with van der Waals surface area (Å²) in [4.78, 5) is 26.0. The molecule has 1 aromatic rings. The minimum atomic E-state index is -0.470. The molecule has 0 aliphatic carbocycles. The third kappa shape index (κ3) is 6.62. The number of benzene rings is 1. The second kappa shape index (κ2) is 9.69. The second-order valence-electron chi connectivity index (χ2n) is 9.38. The number of alkyl carbamates (subject to hydrolysis) is 1. The number of ether oxygens (including phenoxy) is 3. The van der Waals surface area contributed by atoms with Crippen molar-refractivity contribution in [2.75, 3.05) is 26.2 Å². The number of nitrogens with zero attached hydrogens (tertiary/aromatic N) is 1. The standard InChI is InChI=1S/C23H34N2O5/c1-22(2,3)30-21(27)25-13-11-23(12-14-25)10-9-19(29-17-23)15-24-20(26)28-16-18-7-5-4-6-8-18/h4-8,19H,9-17H2,1-3H3,(H,24,26)/t19-/m1/s1. The highest BCUT2D eigenvalue weighted by atomic mass is 16.6. The Bertz CT molecular complexity index is 698. The normalized spacial score (nSPS) is 21.2. The van der Waals surface area contributed by atoms with Crippen LogP contribution < -0.4 is 5.32 Å². The lowest BCUT2D eigenvalue weighted by Crippen LogP contribution is -2.49. The first kappa shape index (κ1) is 22.4. The van der Waals surface area contributed by atoms with Gasteiger partial charge in [0.1, 0.15) is 12.2 Å². The van der Waals surface area contributed by atoms with Crippen LogP contribution in [0, 0.1) is 5.41 Å². The first-order chi connectivity index (χ1) is 14.2. The Morgan fingerprint density at radius 1 is 1.17 bits per heavy atom. The Morgan fingerprint density at radius 2 is 1.87 bits per heavy atom. The van der Waals surface area contributed by atoms with Crippen LogP contribution in [-0.4, -0.2) is 55.0 Å². The van der Waals surface area contributed by atoms with Gasteiger partial charge in [0.2, 0.25) is 0 Å². The predicted octanol–water partition coefficient (Wildman–Crippen LogP) is 4.11. The Hall–Kier alpha value is -2.28. The maximum Gasteiger partial charge on any atom is 0.410 e. The van der Waals surface area contributed by atoms with Crippen LogP contribution in [0.5, 0.6) is 0 Å². The SMILES string of the molecule is CC(C)(C)OC(=O)N1CCC2(CC[C@H](CNC(=O)OCc3ccccc3)OC2)CC1. The lowest BCUT2D eigenvalue weighted by Gasteiger charge is -2.45. The number of likely N-dealkylation sites (tertiary alicyclic amines) is 1. The summed E-state index contributed by atoms with van der Waals surface area (Å²) >= 11 is 0. The van der Waals surface area contributed by atoms with E-state index in [2.05, 4.69) is 5.32 Å². The van der Waals surface area contributed by atoms with E-state index in [-0.39, 0.29) is 24.2 Å². The van der Waals surface area contributed by atoms with Crippen molar-refractivity contribution in [2.45, 2.75) is 64.8 Å². The summed E-state index contributed by atoms with van der Waals surface area (Å²) in [6, 6.07) is 9.61. The molecular weight excluding hydrogens is 384 g/mol. The van der Waals surface area contributed by atoms with Gasteiger partial charge in [0.25, 0.3) is 0 Å². The smallest absolute Gasteiger partial charge is 0.410 e. The number of carbonyl (C=O) groups excluding carboxylic acids is 2. The number of piperidine rings is 1. The number of hydrogen-bond donors (Lipinski definition) is 1. The summed E-state index contributed by atoms with van der Waals surface area (Å²) in [7, 11) is 0. The van der Waals surface area contributed by atoms with Crippen LogP contribution in [0.3, 0.4) is 0 Å². The van der Waals surface area contributed by atoms with Crippen molar-refractivity contribution in [3.8, 4) is 0 Å². The molecule has 1 aromatic carbocycles. The quantitative estimate of drug-likeness (QED) is 0.796. The average molecular weight is 419 g/mol. The largest absolute Gasteiger partial charge is 0.445 e. The van der Waals surface area contributed by atoms with Gasteiger partial charge in [-0.1, -0.05) is 30.3 Å². The molecule has 30 heavy (non-hydrogen) atoms. The highest BCUT2D eigenvalue weighted by Gasteiger charge is 2.40. The molecule has 0 bridgehead atoms. The van der Waals surface area contributed by atoms with E-state index in [1.807, 2.05) is 51.1 Å². The van der Waals surface area contributed by atoms with Crippen LogP contribution in [0.25, 0.3) is 0 Å². The molecule has 2 aliphatic heterocycles. The Morgan fingerprint density at radius 3 is 2.47 bits per heavy atom. The van der Waals surface area contributed by atoms with Gasteiger partial charge in [0.15, 0.2) is 0 Å². The topological polar surface area (TPSA) is 77.1 Å². The maximum absolute atomic E-state index is 12.3. The average Bonchev–Trinajstić information content (AvgIpc) is 2.72. The van der Waals surface area contributed by atoms with E-state index < -0.39 is 11.7 Å². The molecule has 7 heteroatoms. The van der Waals surface area contributed by atoms with Crippen molar-refractivity contribution in [3.63, 3.8) is 0 Å². The van der Waals surface area contributed by atoms with Gasteiger partial charge in [-0.3, -0.25) is 0 Å². The molecule has 0 radical (unpaired) electrons. The van der Waals surface area contributed by atoms with Crippen LogP contribution >= 0.6 is 0 Å². The number of rotatable bonds is 4. The molecule has 7 nitrogen and oxygen atoms in total. The molecule has 1 atom stereocenters. The van der Waals surface area contributed by atoms with Crippen LogP contribution in [-0.2, 0) is 20.8 Å². The van der Waals surface area contributed by atoms with Gasteiger partial charge in [-0.05, 0) is 57.4 Å². The van der Waals surface area contributed by atoms with Crippen LogP contribution in [0.15, 0.2) is 30.3 Å². The minimum Gasteiger partial charge on any atom is -0.445 e. The fraction of sp³-hybridized carbons (Fsp3) is 0.652. The number of nitrogens with one attached hydrogen (secondary N) is 1. The maximum atomic E-state index is 12.3. The van der Waals surface area contributed by atoms with Crippen molar-refractivity contribution in [1.82, 2.24) is 10.2 Å². The fourth-order valence-electron chi connectivity index (χ4n) is 3.93. The van der Waals surface area contributed by atoms with E-state index in [0.29, 0.717) is 26.2 Å². The number of amides is 2. The van der Waals surface area contributed by atoms with Crippen molar-refractivity contribution in [1.29, 1.82) is 0 Å². The van der Waals surface area contributed by atoms with E-state index in [1.165, 1.54) is 0 Å². The summed E-state index contributed by atoms with van der Waals surface area (Å²) in [6.45, 7) is 8.44. The van der Waals surface area contributed by atoms with E-state index in [0.717, 1.165) is 31.2 Å². The fourth-order valence-corrected chi connectivity index (χ4v) is 3.93. The molecule has 2 amide bonds. The Kier molecular flexibility index (Phi) is 7.23. The van der Waals surface area contributed by atoms with Crippen LogP contribution in [0.1, 0.15) is 52.0 Å². The summed E-state index contributed by atoms with van der Waals surface area (Å²) in [5.41, 5.74) is 0.618. The van der Waals surface area contributed by atoms with Crippen LogP contribution in [0.2, 0.25) is 0 Å². The van der Waals surface area contributed by atoms with E-state index in [9.17, 15) is 9.59 Å². The van der Waals surface area contributed by atoms with Gasteiger partial charge in [0, 0.05) is 19.6 Å². The molecule has 2 saturated heterocycles. The lowest BCUT2D eigenvalue weighted by atomic mass is 9.73. The van der Waals surface area contributed by atoms with Crippen molar-refractivity contribution in [3.05, 3.63) is 35.9 Å². The minimum absolute atomic E-state index is 0.00351. The summed E-state index contributed by atoms with van der Waals surface area (Å²) in [5, 5.41) is 2.80. The zero-order valence-corrected chi connectivity index (χ0v) is 18.3. The van der Waals surface area contributed by atoms with Crippen molar-refractivity contribution < 1.29 is 23.8 Å². The van der Waals surface area contributed by atoms with Gasteiger partial charge in [0.05, 0.1) is 12.7 Å². The van der Waals surface area contributed by atoms with E-state index >= 15 is 0 Å². The first-order valence-corrected chi connectivity index (χ1v) is 10.8. The molecule has 2 aliphatic rings. The summed E-state index contributed by atoms with van der Waals surface area (Å²) in [6.07, 6.45) is 3.13.